The minimum atomic E-state index is -0.573. The van der Waals surface area contributed by atoms with Crippen LogP contribution in [0.25, 0.3) is 0 Å². The van der Waals surface area contributed by atoms with Crippen LogP contribution in [0.15, 0.2) is 18.2 Å². The van der Waals surface area contributed by atoms with E-state index in [0.717, 1.165) is 0 Å². The Kier molecular flexibility index (Phi) is 6.45. The minimum absolute atomic E-state index is 0.153. The van der Waals surface area contributed by atoms with Gasteiger partial charge in [0.05, 0.1) is 17.9 Å². The van der Waals surface area contributed by atoms with Crippen LogP contribution in [0.4, 0.5) is 10.1 Å². The summed E-state index contributed by atoms with van der Waals surface area (Å²) >= 11 is 0. The van der Waals surface area contributed by atoms with E-state index in [4.69, 9.17) is 10.5 Å². The van der Waals surface area contributed by atoms with Crippen LogP contribution < -0.4 is 16.4 Å². The standard InChI is InChI=1S/C13H18FN3O3/c1-2-16-12-9(4-3-5-10(12)14)13(19)17-6-7-20-8-11(15)18/h3-5,16H,2,6-8H2,1H3,(H2,15,18)(H,17,19). The van der Waals surface area contributed by atoms with Gasteiger partial charge in [0.15, 0.2) is 0 Å². The molecule has 1 rings (SSSR count). The van der Waals surface area contributed by atoms with Crippen molar-refractivity contribution in [2.24, 2.45) is 5.73 Å². The highest BCUT2D eigenvalue weighted by Crippen LogP contribution is 2.19. The molecule has 0 fully saturated rings. The zero-order valence-electron chi connectivity index (χ0n) is 11.2. The van der Waals surface area contributed by atoms with Crippen molar-refractivity contribution in [1.29, 1.82) is 0 Å². The molecule has 0 aromatic heterocycles. The second kappa shape index (κ2) is 8.11. The van der Waals surface area contributed by atoms with E-state index in [2.05, 4.69) is 10.6 Å². The Labute approximate surface area is 116 Å². The molecule has 110 valence electrons. The van der Waals surface area contributed by atoms with Crippen LogP contribution in [0.3, 0.4) is 0 Å². The van der Waals surface area contributed by atoms with Crippen LogP contribution in [-0.2, 0) is 9.53 Å². The number of amides is 2. The van der Waals surface area contributed by atoms with E-state index in [0.29, 0.717) is 6.54 Å². The summed E-state index contributed by atoms with van der Waals surface area (Å²) in [4.78, 5) is 22.4. The van der Waals surface area contributed by atoms with Gasteiger partial charge in [0.25, 0.3) is 5.91 Å². The lowest BCUT2D eigenvalue weighted by Gasteiger charge is -2.12. The maximum Gasteiger partial charge on any atom is 0.253 e. The van der Waals surface area contributed by atoms with Crippen molar-refractivity contribution in [3.8, 4) is 0 Å². The van der Waals surface area contributed by atoms with E-state index in [9.17, 15) is 14.0 Å². The smallest absolute Gasteiger partial charge is 0.253 e. The largest absolute Gasteiger partial charge is 0.382 e. The van der Waals surface area contributed by atoms with Gasteiger partial charge in [0, 0.05) is 13.1 Å². The van der Waals surface area contributed by atoms with Crippen LogP contribution in [0.1, 0.15) is 17.3 Å². The Morgan fingerprint density at radius 2 is 2.15 bits per heavy atom. The number of hydrogen-bond acceptors (Lipinski definition) is 4. The Hall–Kier alpha value is -2.15. The summed E-state index contributed by atoms with van der Waals surface area (Å²) < 4.78 is 18.5. The van der Waals surface area contributed by atoms with Gasteiger partial charge < -0.3 is 21.1 Å². The van der Waals surface area contributed by atoms with Gasteiger partial charge in [0.2, 0.25) is 5.91 Å². The summed E-state index contributed by atoms with van der Waals surface area (Å²) in [5, 5.41) is 5.39. The molecule has 0 aliphatic carbocycles. The molecule has 7 heteroatoms. The Bertz CT molecular complexity index is 480. The summed E-state index contributed by atoms with van der Waals surface area (Å²) in [5.41, 5.74) is 5.29. The Morgan fingerprint density at radius 3 is 2.80 bits per heavy atom. The molecule has 0 bridgehead atoms. The van der Waals surface area contributed by atoms with Gasteiger partial charge in [-0.1, -0.05) is 6.07 Å². The first-order valence-electron chi connectivity index (χ1n) is 6.23. The fourth-order valence-corrected chi connectivity index (χ4v) is 1.57. The summed E-state index contributed by atoms with van der Waals surface area (Å²) in [6.45, 7) is 2.47. The van der Waals surface area contributed by atoms with Crippen molar-refractivity contribution in [1.82, 2.24) is 5.32 Å². The van der Waals surface area contributed by atoms with Crippen LogP contribution >= 0.6 is 0 Å². The van der Waals surface area contributed by atoms with E-state index < -0.39 is 17.6 Å². The molecular weight excluding hydrogens is 265 g/mol. The second-order valence-corrected chi connectivity index (χ2v) is 3.97. The maximum atomic E-state index is 13.6. The number of rotatable bonds is 8. The first kappa shape index (κ1) is 15.9. The topological polar surface area (TPSA) is 93.4 Å². The second-order valence-electron chi connectivity index (χ2n) is 3.97. The Balaban J connectivity index is 2.55. The number of nitrogens with one attached hydrogen (secondary N) is 2. The van der Waals surface area contributed by atoms with Crippen molar-refractivity contribution in [2.45, 2.75) is 6.92 Å². The molecule has 1 aromatic rings. The number of para-hydroxylation sites is 1. The number of carbonyl (C=O) groups excluding carboxylic acids is 2. The third-order valence-corrected chi connectivity index (χ3v) is 2.39. The summed E-state index contributed by atoms with van der Waals surface area (Å²) in [6.07, 6.45) is 0. The number of hydrogen-bond donors (Lipinski definition) is 3. The molecule has 0 saturated carbocycles. The summed E-state index contributed by atoms with van der Waals surface area (Å²) in [6, 6.07) is 4.28. The van der Waals surface area contributed by atoms with Gasteiger partial charge in [-0.2, -0.15) is 0 Å². The number of anilines is 1. The monoisotopic (exact) mass is 283 g/mol. The fourth-order valence-electron chi connectivity index (χ4n) is 1.57. The molecule has 0 heterocycles. The minimum Gasteiger partial charge on any atom is -0.382 e. The highest BCUT2D eigenvalue weighted by atomic mass is 19.1. The normalized spacial score (nSPS) is 10.1. The van der Waals surface area contributed by atoms with Crippen LogP contribution in [0, 0.1) is 5.82 Å². The first-order valence-corrected chi connectivity index (χ1v) is 6.23. The predicted molar refractivity (Wildman–Crippen MR) is 72.9 cm³/mol. The number of carbonyl (C=O) groups is 2. The van der Waals surface area contributed by atoms with Gasteiger partial charge in [-0.25, -0.2) is 4.39 Å². The third kappa shape index (κ3) is 4.85. The number of primary amides is 1. The average Bonchev–Trinajstić information content (AvgIpc) is 2.40. The van der Waals surface area contributed by atoms with E-state index in [1.807, 2.05) is 6.92 Å². The number of benzene rings is 1. The van der Waals surface area contributed by atoms with E-state index in [1.54, 1.807) is 0 Å². The summed E-state index contributed by atoms with van der Waals surface area (Å²) in [7, 11) is 0. The lowest BCUT2D eigenvalue weighted by atomic mass is 10.1. The summed E-state index contributed by atoms with van der Waals surface area (Å²) in [5.74, 6) is -1.47. The highest BCUT2D eigenvalue weighted by Gasteiger charge is 2.13. The molecule has 0 atom stereocenters. The molecule has 0 radical (unpaired) electrons. The van der Waals surface area contributed by atoms with Crippen LogP contribution in [0.5, 0.6) is 0 Å². The lowest BCUT2D eigenvalue weighted by molar-refractivity contribution is -0.122. The molecule has 2 amide bonds. The van der Waals surface area contributed by atoms with Gasteiger partial charge >= 0.3 is 0 Å². The van der Waals surface area contributed by atoms with Gasteiger partial charge in [-0.05, 0) is 19.1 Å². The van der Waals surface area contributed by atoms with Gasteiger partial charge in [-0.3, -0.25) is 9.59 Å². The lowest BCUT2D eigenvalue weighted by Crippen LogP contribution is -2.29. The Morgan fingerprint density at radius 1 is 1.40 bits per heavy atom. The maximum absolute atomic E-state index is 13.6. The average molecular weight is 283 g/mol. The van der Waals surface area contributed by atoms with Crippen molar-refractivity contribution in [2.75, 3.05) is 31.6 Å². The van der Waals surface area contributed by atoms with Gasteiger partial charge in [0.1, 0.15) is 12.4 Å². The number of halogens is 1. The molecular formula is C13H18FN3O3. The molecule has 0 aliphatic heterocycles. The molecule has 1 aromatic carbocycles. The zero-order chi connectivity index (χ0) is 15.0. The highest BCUT2D eigenvalue weighted by molar-refractivity contribution is 5.99. The quantitative estimate of drug-likeness (QED) is 0.605. The zero-order valence-corrected chi connectivity index (χ0v) is 11.2. The van der Waals surface area contributed by atoms with E-state index in [1.165, 1.54) is 18.2 Å². The van der Waals surface area contributed by atoms with Gasteiger partial charge in [-0.15, -0.1) is 0 Å². The molecule has 0 aliphatic rings. The van der Waals surface area contributed by atoms with Crippen molar-refractivity contribution >= 4 is 17.5 Å². The molecule has 4 N–H and O–H groups in total. The molecule has 0 spiro atoms. The van der Waals surface area contributed by atoms with E-state index in [-0.39, 0.29) is 31.0 Å². The third-order valence-electron chi connectivity index (χ3n) is 2.39. The number of nitrogens with two attached hydrogens (primary N) is 1. The van der Waals surface area contributed by atoms with Crippen molar-refractivity contribution in [3.63, 3.8) is 0 Å². The fraction of sp³-hybridized carbons (Fsp3) is 0.385. The molecule has 0 saturated heterocycles. The molecule has 20 heavy (non-hydrogen) atoms. The van der Waals surface area contributed by atoms with Crippen molar-refractivity contribution < 1.29 is 18.7 Å². The molecule has 0 unspecified atom stereocenters. The van der Waals surface area contributed by atoms with Crippen molar-refractivity contribution in [3.05, 3.63) is 29.6 Å². The first-order chi connectivity index (χ1) is 9.56. The molecule has 6 nitrogen and oxygen atoms in total. The van der Waals surface area contributed by atoms with Crippen LogP contribution in [0.2, 0.25) is 0 Å². The van der Waals surface area contributed by atoms with Crippen LogP contribution in [-0.4, -0.2) is 38.1 Å². The SMILES string of the molecule is CCNc1c(F)cccc1C(=O)NCCOCC(N)=O. The number of ether oxygens (including phenoxy) is 1. The predicted octanol–water partition coefficient (Wildman–Crippen LogP) is 0.489. The van der Waals surface area contributed by atoms with E-state index >= 15 is 0 Å².